The highest BCUT2D eigenvalue weighted by atomic mass is 79.9. The molecule has 0 radical (unpaired) electrons. The van der Waals surface area contributed by atoms with Crippen LogP contribution in [0, 0.1) is 0 Å². The van der Waals surface area contributed by atoms with Crippen LogP contribution in [0.3, 0.4) is 0 Å². The molecule has 5 heteroatoms. The van der Waals surface area contributed by atoms with Gasteiger partial charge in [-0.05, 0) is 36.4 Å². The molecule has 0 saturated heterocycles. The smallest absolute Gasteiger partial charge is 0.252 e. The van der Waals surface area contributed by atoms with Crippen molar-refractivity contribution in [2.45, 2.75) is 0 Å². The van der Waals surface area contributed by atoms with Gasteiger partial charge in [-0.15, -0.1) is 0 Å². The van der Waals surface area contributed by atoms with E-state index in [2.05, 4.69) is 21.2 Å². The van der Waals surface area contributed by atoms with Crippen molar-refractivity contribution in [1.82, 2.24) is 5.32 Å². The van der Waals surface area contributed by atoms with Crippen LogP contribution in [0.4, 0.5) is 0 Å². The van der Waals surface area contributed by atoms with Crippen LogP contribution in [0.5, 0.6) is 5.75 Å². The standard InChI is InChI=1S/C15H13BrClNO2/c16-11-5-7-12(8-6-11)20-10-9-18-15(19)13-3-1-2-4-14(13)17/h1-8H,9-10H2,(H,18,19). The Morgan fingerprint density at radius 2 is 1.85 bits per heavy atom. The second-order valence-electron chi connectivity index (χ2n) is 4.04. The normalized spacial score (nSPS) is 10.1. The van der Waals surface area contributed by atoms with Crippen molar-refractivity contribution in [2.24, 2.45) is 0 Å². The molecule has 0 aliphatic rings. The SMILES string of the molecule is O=C(NCCOc1ccc(Br)cc1)c1ccccc1Cl. The van der Waals surface area contributed by atoms with Gasteiger partial charge in [0, 0.05) is 4.47 Å². The maximum Gasteiger partial charge on any atom is 0.252 e. The molecule has 0 atom stereocenters. The summed E-state index contributed by atoms with van der Waals surface area (Å²) in [5.41, 5.74) is 0.470. The van der Waals surface area contributed by atoms with Gasteiger partial charge in [-0.1, -0.05) is 39.7 Å². The van der Waals surface area contributed by atoms with E-state index in [1.54, 1.807) is 24.3 Å². The summed E-state index contributed by atoms with van der Waals surface area (Å²) in [6, 6.07) is 14.5. The van der Waals surface area contributed by atoms with E-state index in [4.69, 9.17) is 16.3 Å². The summed E-state index contributed by atoms with van der Waals surface area (Å²) in [5, 5.41) is 3.21. The zero-order chi connectivity index (χ0) is 14.4. The second-order valence-corrected chi connectivity index (χ2v) is 5.36. The molecule has 0 spiro atoms. The number of nitrogens with one attached hydrogen (secondary N) is 1. The zero-order valence-corrected chi connectivity index (χ0v) is 12.9. The maximum atomic E-state index is 11.9. The highest BCUT2D eigenvalue weighted by Crippen LogP contribution is 2.16. The van der Waals surface area contributed by atoms with Gasteiger partial charge in [0.05, 0.1) is 17.1 Å². The molecule has 0 bridgehead atoms. The monoisotopic (exact) mass is 353 g/mol. The molecular weight excluding hydrogens is 342 g/mol. The average molecular weight is 355 g/mol. The molecule has 1 N–H and O–H groups in total. The first-order chi connectivity index (χ1) is 9.66. The summed E-state index contributed by atoms with van der Waals surface area (Å²) >= 11 is 9.30. The Balaban J connectivity index is 1.77. The van der Waals surface area contributed by atoms with Crippen LogP contribution < -0.4 is 10.1 Å². The van der Waals surface area contributed by atoms with Gasteiger partial charge in [0.15, 0.2) is 0 Å². The summed E-state index contributed by atoms with van der Waals surface area (Å²) in [6.07, 6.45) is 0. The quantitative estimate of drug-likeness (QED) is 0.827. The molecule has 0 unspecified atom stereocenters. The summed E-state index contributed by atoms with van der Waals surface area (Å²) in [5.74, 6) is 0.565. The van der Waals surface area contributed by atoms with Crippen LogP contribution in [-0.2, 0) is 0 Å². The minimum absolute atomic E-state index is 0.199. The van der Waals surface area contributed by atoms with Gasteiger partial charge < -0.3 is 10.1 Å². The number of carbonyl (C=O) groups excluding carboxylic acids is 1. The number of rotatable bonds is 5. The Labute approximate surface area is 131 Å². The van der Waals surface area contributed by atoms with Crippen LogP contribution in [0.2, 0.25) is 5.02 Å². The number of ether oxygens (including phenoxy) is 1. The Kier molecular flexibility index (Phi) is 5.44. The summed E-state index contributed by atoms with van der Waals surface area (Å²) in [7, 11) is 0. The van der Waals surface area contributed by atoms with E-state index < -0.39 is 0 Å². The zero-order valence-electron chi connectivity index (χ0n) is 10.6. The van der Waals surface area contributed by atoms with Gasteiger partial charge in [-0.2, -0.15) is 0 Å². The van der Waals surface area contributed by atoms with Crippen molar-refractivity contribution in [3.05, 3.63) is 63.6 Å². The third-order valence-corrected chi connectivity index (χ3v) is 3.45. The molecule has 0 aliphatic heterocycles. The lowest BCUT2D eigenvalue weighted by Gasteiger charge is -2.08. The van der Waals surface area contributed by atoms with E-state index in [1.807, 2.05) is 24.3 Å². The number of halogens is 2. The molecule has 3 nitrogen and oxygen atoms in total. The molecule has 1 amide bonds. The maximum absolute atomic E-state index is 11.9. The summed E-state index contributed by atoms with van der Waals surface area (Å²) < 4.78 is 6.51. The third kappa shape index (κ3) is 4.25. The van der Waals surface area contributed by atoms with Crippen molar-refractivity contribution >= 4 is 33.4 Å². The lowest BCUT2D eigenvalue weighted by Crippen LogP contribution is -2.28. The number of hydrogen-bond acceptors (Lipinski definition) is 2. The molecular formula is C15H13BrClNO2. The van der Waals surface area contributed by atoms with E-state index in [0.29, 0.717) is 23.7 Å². The average Bonchev–Trinajstić information content (AvgIpc) is 2.46. The Morgan fingerprint density at radius 3 is 2.55 bits per heavy atom. The van der Waals surface area contributed by atoms with Gasteiger partial charge in [-0.25, -0.2) is 0 Å². The topological polar surface area (TPSA) is 38.3 Å². The third-order valence-electron chi connectivity index (χ3n) is 2.59. The molecule has 0 heterocycles. The highest BCUT2D eigenvalue weighted by molar-refractivity contribution is 9.10. The van der Waals surface area contributed by atoms with E-state index in [-0.39, 0.29) is 5.91 Å². The van der Waals surface area contributed by atoms with Gasteiger partial charge >= 0.3 is 0 Å². The molecule has 2 aromatic rings. The van der Waals surface area contributed by atoms with Gasteiger partial charge in [0.2, 0.25) is 0 Å². The largest absolute Gasteiger partial charge is 0.492 e. The Morgan fingerprint density at radius 1 is 1.15 bits per heavy atom. The lowest BCUT2D eigenvalue weighted by atomic mass is 10.2. The van der Waals surface area contributed by atoms with Crippen LogP contribution in [0.25, 0.3) is 0 Å². The van der Waals surface area contributed by atoms with Crippen LogP contribution in [0.1, 0.15) is 10.4 Å². The summed E-state index contributed by atoms with van der Waals surface area (Å²) in [6.45, 7) is 0.817. The van der Waals surface area contributed by atoms with Gasteiger partial charge in [0.1, 0.15) is 12.4 Å². The molecule has 0 aromatic heterocycles. The van der Waals surface area contributed by atoms with Gasteiger partial charge in [-0.3, -0.25) is 4.79 Å². The summed E-state index contributed by atoms with van der Waals surface area (Å²) in [4.78, 5) is 11.9. The molecule has 20 heavy (non-hydrogen) atoms. The van der Waals surface area contributed by atoms with Crippen molar-refractivity contribution in [1.29, 1.82) is 0 Å². The first-order valence-electron chi connectivity index (χ1n) is 6.08. The van der Waals surface area contributed by atoms with Crippen molar-refractivity contribution < 1.29 is 9.53 Å². The number of amides is 1. The lowest BCUT2D eigenvalue weighted by molar-refractivity contribution is 0.0947. The molecule has 104 valence electrons. The molecule has 2 rings (SSSR count). The number of benzene rings is 2. The van der Waals surface area contributed by atoms with Crippen molar-refractivity contribution in [3.8, 4) is 5.75 Å². The molecule has 2 aromatic carbocycles. The Bertz CT molecular complexity index is 587. The second kappa shape index (κ2) is 7.31. The van der Waals surface area contributed by atoms with E-state index >= 15 is 0 Å². The van der Waals surface area contributed by atoms with E-state index in [1.165, 1.54) is 0 Å². The first kappa shape index (κ1) is 14.9. The fourth-order valence-electron chi connectivity index (χ4n) is 1.60. The van der Waals surface area contributed by atoms with E-state index in [9.17, 15) is 4.79 Å². The Hall–Kier alpha value is -1.52. The van der Waals surface area contributed by atoms with Crippen molar-refractivity contribution in [3.63, 3.8) is 0 Å². The number of carbonyl (C=O) groups is 1. The minimum atomic E-state index is -0.199. The predicted octanol–water partition coefficient (Wildman–Crippen LogP) is 3.91. The fraction of sp³-hybridized carbons (Fsp3) is 0.133. The molecule has 0 saturated carbocycles. The minimum Gasteiger partial charge on any atom is -0.492 e. The first-order valence-corrected chi connectivity index (χ1v) is 7.25. The van der Waals surface area contributed by atoms with Gasteiger partial charge in [0.25, 0.3) is 5.91 Å². The molecule has 0 fully saturated rings. The molecule has 0 aliphatic carbocycles. The fourth-order valence-corrected chi connectivity index (χ4v) is 2.09. The van der Waals surface area contributed by atoms with Crippen LogP contribution in [-0.4, -0.2) is 19.1 Å². The van der Waals surface area contributed by atoms with Crippen LogP contribution in [0.15, 0.2) is 53.0 Å². The van der Waals surface area contributed by atoms with Crippen molar-refractivity contribution in [2.75, 3.05) is 13.2 Å². The highest BCUT2D eigenvalue weighted by Gasteiger charge is 2.08. The predicted molar refractivity (Wildman–Crippen MR) is 83.4 cm³/mol. The van der Waals surface area contributed by atoms with Crippen LogP contribution >= 0.6 is 27.5 Å². The number of hydrogen-bond donors (Lipinski definition) is 1. The van der Waals surface area contributed by atoms with E-state index in [0.717, 1.165) is 10.2 Å².